The van der Waals surface area contributed by atoms with Crippen molar-refractivity contribution in [3.05, 3.63) is 0 Å². The van der Waals surface area contributed by atoms with Crippen molar-refractivity contribution in [3.8, 4) is 0 Å². The van der Waals surface area contributed by atoms with Crippen molar-refractivity contribution in [1.29, 1.82) is 0 Å². The Hall–Kier alpha value is 0.130. The minimum Gasteiger partial charge on any atom is -0.0944 e. The first-order valence-corrected chi connectivity index (χ1v) is 4.70. The van der Waals surface area contributed by atoms with E-state index in [1.165, 1.54) is 6.42 Å². The molecule has 0 aliphatic carbocycles. The fourth-order valence-electron chi connectivity index (χ4n) is 1.36. The second-order valence-corrected chi connectivity index (χ2v) is 4.06. The first kappa shape index (κ1) is 11.1. The van der Waals surface area contributed by atoms with Gasteiger partial charge in [0.25, 0.3) is 0 Å². The zero-order valence-corrected chi connectivity index (χ0v) is 8.59. The van der Waals surface area contributed by atoms with Crippen LogP contribution in [-0.4, -0.2) is 14.6 Å². The van der Waals surface area contributed by atoms with Gasteiger partial charge in [0.05, 0.1) is 7.28 Å². The molecule has 2 radical (unpaired) electrons. The van der Waals surface area contributed by atoms with Gasteiger partial charge in [-0.05, 0) is 5.92 Å². The van der Waals surface area contributed by atoms with Crippen LogP contribution in [0.1, 0.15) is 34.1 Å². The highest BCUT2D eigenvalue weighted by Crippen LogP contribution is 2.19. The van der Waals surface area contributed by atoms with E-state index in [1.54, 1.807) is 0 Å². The van der Waals surface area contributed by atoms with Gasteiger partial charge in [-0.25, -0.2) is 0 Å². The highest BCUT2D eigenvalue weighted by molar-refractivity contribution is 6.58. The maximum atomic E-state index is 2.43. The largest absolute Gasteiger partial charge is 0.107 e. The molecule has 0 aliphatic rings. The van der Waals surface area contributed by atoms with E-state index in [1.807, 2.05) is 0 Å². The molecule has 0 aromatic rings. The van der Waals surface area contributed by atoms with E-state index in [0.717, 1.165) is 17.5 Å². The Bertz CT molecular complexity index is 79.6. The fourth-order valence-corrected chi connectivity index (χ4v) is 1.36. The topological polar surface area (TPSA) is 0 Å². The van der Waals surface area contributed by atoms with Gasteiger partial charge < -0.3 is 0 Å². The molecule has 0 bridgehead atoms. The molecule has 0 aromatic carbocycles. The summed E-state index contributed by atoms with van der Waals surface area (Å²) >= 11 is 0. The molecule has 11 heavy (non-hydrogen) atoms. The Morgan fingerprint density at radius 1 is 1.09 bits per heavy atom. The quantitative estimate of drug-likeness (QED) is 0.528. The predicted octanol–water partition coefficient (Wildman–Crippen LogP) is 3.06. The zero-order valence-electron chi connectivity index (χ0n) is 8.59. The van der Waals surface area contributed by atoms with Crippen LogP contribution in [-0.2, 0) is 0 Å². The van der Waals surface area contributed by atoms with Crippen molar-refractivity contribution in [2.75, 3.05) is 0 Å². The summed E-state index contributed by atoms with van der Waals surface area (Å²) in [6, 6.07) is 0. The van der Waals surface area contributed by atoms with Crippen molar-refractivity contribution < 1.29 is 0 Å². The van der Waals surface area contributed by atoms with Crippen LogP contribution in [0, 0.1) is 5.92 Å². The van der Waals surface area contributed by atoms with Gasteiger partial charge >= 0.3 is 0 Å². The molecule has 62 valence electrons. The minimum absolute atomic E-state index is 0.718. The van der Waals surface area contributed by atoms with E-state index >= 15 is 0 Å². The first-order chi connectivity index (χ1) is 5.06. The maximum Gasteiger partial charge on any atom is 0.107 e. The lowest BCUT2D eigenvalue weighted by molar-refractivity contribution is 0.605. The third-order valence-corrected chi connectivity index (χ3v) is 1.80. The highest BCUT2D eigenvalue weighted by Gasteiger charge is 2.11. The van der Waals surface area contributed by atoms with Crippen molar-refractivity contribution >= 4 is 14.6 Å². The highest BCUT2D eigenvalue weighted by atomic mass is 14.0. The van der Waals surface area contributed by atoms with Crippen LogP contribution in [0.15, 0.2) is 0 Å². The standard InChI is InChI=1S/C9H20B2/c1-7(2)6-9(10-5)11-8(3)4/h7-9H,6H2,1-5H3/t9-/m1/s1. The monoisotopic (exact) mass is 150 g/mol. The van der Waals surface area contributed by atoms with Crippen molar-refractivity contribution in [1.82, 2.24) is 0 Å². The van der Waals surface area contributed by atoms with Crippen molar-refractivity contribution in [2.24, 2.45) is 5.92 Å². The molecule has 0 aromatic heterocycles. The molecule has 0 saturated carbocycles. The van der Waals surface area contributed by atoms with Gasteiger partial charge in [-0.2, -0.15) is 0 Å². The molecule has 0 amide bonds. The summed E-state index contributed by atoms with van der Waals surface area (Å²) in [5, 5.41) is 0. The fraction of sp³-hybridized carbons (Fsp3) is 1.00. The van der Waals surface area contributed by atoms with Gasteiger partial charge in [0, 0.05) is 0 Å². The molecule has 0 heterocycles. The van der Waals surface area contributed by atoms with Gasteiger partial charge in [0.1, 0.15) is 7.28 Å². The normalized spacial score (nSPS) is 13.7. The Labute approximate surface area is 73.6 Å². The SMILES string of the molecule is C[B][C@H]([B]C(C)C)CC(C)C. The van der Waals surface area contributed by atoms with Crippen LogP contribution >= 0.6 is 0 Å². The van der Waals surface area contributed by atoms with E-state index in [9.17, 15) is 0 Å². The summed E-state index contributed by atoms with van der Waals surface area (Å²) in [7, 11) is 4.74. The average Bonchev–Trinajstić information content (AvgIpc) is 1.84. The van der Waals surface area contributed by atoms with Crippen LogP contribution in [0.5, 0.6) is 0 Å². The van der Waals surface area contributed by atoms with Crippen molar-refractivity contribution in [2.45, 2.75) is 52.5 Å². The molecule has 0 spiro atoms. The van der Waals surface area contributed by atoms with Gasteiger partial charge in [-0.15, -0.1) is 0 Å². The van der Waals surface area contributed by atoms with Crippen LogP contribution in [0.25, 0.3) is 0 Å². The second-order valence-electron chi connectivity index (χ2n) is 4.06. The molecule has 0 unspecified atom stereocenters. The lowest BCUT2D eigenvalue weighted by Gasteiger charge is -2.17. The zero-order chi connectivity index (χ0) is 8.85. The summed E-state index contributed by atoms with van der Waals surface area (Å²) < 4.78 is 0. The number of hydrogen-bond donors (Lipinski definition) is 0. The molecule has 2 heteroatoms. The lowest BCUT2D eigenvalue weighted by Crippen LogP contribution is -2.14. The maximum absolute atomic E-state index is 2.43. The van der Waals surface area contributed by atoms with E-state index in [0.29, 0.717) is 0 Å². The molecule has 0 N–H and O–H groups in total. The summed E-state index contributed by atoms with van der Waals surface area (Å²) in [4.78, 5) is 0. The Kier molecular flexibility index (Phi) is 5.81. The lowest BCUT2D eigenvalue weighted by atomic mass is 9.40. The Morgan fingerprint density at radius 2 is 1.64 bits per heavy atom. The molecule has 0 rings (SSSR count). The summed E-state index contributed by atoms with van der Waals surface area (Å²) in [6.45, 7) is 11.2. The van der Waals surface area contributed by atoms with Gasteiger partial charge in [0.15, 0.2) is 0 Å². The van der Waals surface area contributed by atoms with Crippen LogP contribution in [0.4, 0.5) is 0 Å². The Morgan fingerprint density at radius 3 is 1.91 bits per heavy atom. The van der Waals surface area contributed by atoms with Crippen molar-refractivity contribution in [3.63, 3.8) is 0 Å². The van der Waals surface area contributed by atoms with Crippen LogP contribution in [0.3, 0.4) is 0 Å². The molecule has 0 nitrogen and oxygen atoms in total. The van der Waals surface area contributed by atoms with Crippen LogP contribution in [0.2, 0.25) is 18.4 Å². The van der Waals surface area contributed by atoms with Gasteiger partial charge in [0.2, 0.25) is 0 Å². The third-order valence-electron chi connectivity index (χ3n) is 1.80. The van der Waals surface area contributed by atoms with Gasteiger partial charge in [-0.3, -0.25) is 0 Å². The number of hydrogen-bond acceptors (Lipinski definition) is 0. The molecule has 0 saturated heterocycles. The number of rotatable bonds is 5. The average molecular weight is 150 g/mol. The van der Waals surface area contributed by atoms with E-state index in [4.69, 9.17) is 0 Å². The third kappa shape index (κ3) is 6.52. The first-order valence-electron chi connectivity index (χ1n) is 4.70. The molecular formula is C9H20B2. The van der Waals surface area contributed by atoms with E-state index in [2.05, 4.69) is 49.1 Å². The molecule has 0 fully saturated rings. The van der Waals surface area contributed by atoms with Gasteiger partial charge in [-0.1, -0.05) is 52.5 Å². The van der Waals surface area contributed by atoms with E-state index < -0.39 is 0 Å². The van der Waals surface area contributed by atoms with Crippen LogP contribution < -0.4 is 0 Å². The summed E-state index contributed by atoms with van der Waals surface area (Å²) in [5.41, 5.74) is 0.718. The summed E-state index contributed by atoms with van der Waals surface area (Å²) in [5.74, 6) is 1.53. The van der Waals surface area contributed by atoms with E-state index in [-0.39, 0.29) is 0 Å². The predicted molar refractivity (Wildman–Crippen MR) is 55.7 cm³/mol. The minimum atomic E-state index is 0.718. The molecule has 1 atom stereocenters. The smallest absolute Gasteiger partial charge is 0.0944 e. The second kappa shape index (κ2) is 5.74. The molecule has 0 aliphatic heterocycles. The summed E-state index contributed by atoms with van der Waals surface area (Å²) in [6.07, 6.45) is 1.30. The molecular weight excluding hydrogens is 130 g/mol. The Balaban J connectivity index is 3.58.